The summed E-state index contributed by atoms with van der Waals surface area (Å²) in [6.07, 6.45) is 12.0. The number of pyridine rings is 2. The normalized spacial score (nSPS) is 13.5. The molecule has 4 aromatic carbocycles. The Morgan fingerprint density at radius 3 is 2.29 bits per heavy atom. The van der Waals surface area contributed by atoms with Gasteiger partial charge in [-0.15, -0.1) is 48.0 Å². The molecule has 1 saturated carbocycles. The zero-order valence-electron chi connectivity index (χ0n) is 31.0. The Kier molecular flexibility index (Phi) is 12.1. The van der Waals surface area contributed by atoms with Gasteiger partial charge < -0.3 is 14.4 Å². The van der Waals surface area contributed by atoms with Crippen LogP contribution in [0.2, 0.25) is 19.6 Å². The number of aromatic nitrogens is 2. The first-order chi connectivity index (χ1) is 24.8. The average Bonchev–Trinajstić information content (AvgIpc) is 3.55. The van der Waals surface area contributed by atoms with E-state index in [1.54, 1.807) is 0 Å². The molecule has 1 fully saturated rings. The molecule has 1 radical (unpaired) electrons. The Bertz CT molecular complexity index is 2230. The van der Waals surface area contributed by atoms with Crippen LogP contribution in [-0.2, 0) is 26.5 Å². The van der Waals surface area contributed by atoms with Gasteiger partial charge in [0.05, 0.1) is 13.7 Å². The minimum atomic E-state index is -1.34. The standard InChI is InChI=1S/C30H26NO.C17H22NSi.Ir/c1-3-9-21(10-4-1)19-22-17-18-31-27(20-22)25-16-15-24(23-11-5-2-6-12-23)29-26-13-7-8-14-28(26)32-30(25)29;1-13(2)15-11-16(14-9-7-6-8-10-14)18-12-17(15)19(3,4)5;/h2,5-8,11-15,17-18,20-21H,1,3-4,9-10,19H2;6-9,11-13H,1-5H3;/q2*-1;. The van der Waals surface area contributed by atoms with Gasteiger partial charge in [-0.3, -0.25) is 0 Å². The van der Waals surface area contributed by atoms with E-state index in [1.165, 1.54) is 54.0 Å². The van der Waals surface area contributed by atoms with Crippen molar-refractivity contribution in [2.75, 3.05) is 0 Å². The number of furan rings is 1. The maximum absolute atomic E-state index is 6.42. The molecule has 8 rings (SSSR count). The third-order valence-electron chi connectivity index (χ3n) is 10.2. The monoisotopic (exact) mass is 877 g/mol. The van der Waals surface area contributed by atoms with E-state index in [-0.39, 0.29) is 20.1 Å². The topological polar surface area (TPSA) is 38.9 Å². The van der Waals surface area contributed by atoms with Crippen LogP contribution in [0.3, 0.4) is 0 Å². The van der Waals surface area contributed by atoms with Crippen molar-refractivity contribution in [3.05, 3.63) is 139 Å². The van der Waals surface area contributed by atoms with E-state index < -0.39 is 8.07 Å². The first-order valence-electron chi connectivity index (χ1n) is 18.6. The summed E-state index contributed by atoms with van der Waals surface area (Å²) in [4.78, 5) is 9.40. The molecule has 267 valence electrons. The second-order valence-electron chi connectivity index (χ2n) is 15.3. The van der Waals surface area contributed by atoms with Gasteiger partial charge in [0.2, 0.25) is 0 Å². The average molecular weight is 877 g/mol. The van der Waals surface area contributed by atoms with Gasteiger partial charge >= 0.3 is 0 Å². The van der Waals surface area contributed by atoms with Crippen molar-refractivity contribution in [1.82, 2.24) is 9.97 Å². The van der Waals surface area contributed by atoms with Crippen LogP contribution < -0.4 is 5.19 Å². The fourth-order valence-electron chi connectivity index (χ4n) is 7.54. The van der Waals surface area contributed by atoms with Gasteiger partial charge in [-0.05, 0) is 52.4 Å². The second-order valence-corrected chi connectivity index (χ2v) is 20.4. The summed E-state index contributed by atoms with van der Waals surface area (Å²) in [6.45, 7) is 11.7. The van der Waals surface area contributed by atoms with Gasteiger partial charge in [-0.2, -0.15) is 0 Å². The molecule has 7 aromatic rings. The third kappa shape index (κ3) is 8.39. The third-order valence-corrected chi connectivity index (χ3v) is 12.3. The number of nitrogens with zero attached hydrogens (tertiary/aromatic N) is 2. The smallest absolute Gasteiger partial charge is 0.120 e. The molecule has 0 aliphatic heterocycles. The van der Waals surface area contributed by atoms with Crippen LogP contribution in [0.1, 0.15) is 63.0 Å². The number of fused-ring (bicyclic) bond motifs is 3. The van der Waals surface area contributed by atoms with Crippen LogP contribution in [0, 0.1) is 18.1 Å². The molecule has 5 heteroatoms. The summed E-state index contributed by atoms with van der Waals surface area (Å²) < 4.78 is 6.42. The van der Waals surface area contributed by atoms with Gasteiger partial charge in [0.15, 0.2) is 0 Å². The van der Waals surface area contributed by atoms with Crippen LogP contribution in [0.4, 0.5) is 0 Å². The summed E-state index contributed by atoms with van der Waals surface area (Å²) in [7, 11) is -1.34. The van der Waals surface area contributed by atoms with Gasteiger partial charge in [0, 0.05) is 37.9 Å². The summed E-state index contributed by atoms with van der Waals surface area (Å²) in [5.74, 6) is 1.34. The van der Waals surface area contributed by atoms with E-state index in [0.29, 0.717) is 5.92 Å². The molecule has 0 bridgehead atoms. The van der Waals surface area contributed by atoms with E-state index in [0.717, 1.165) is 62.4 Å². The van der Waals surface area contributed by atoms with Gasteiger partial charge in [-0.25, -0.2) is 0 Å². The summed E-state index contributed by atoms with van der Waals surface area (Å²) in [5.41, 5.74) is 10.9. The SMILES string of the molecule is CC(C)c1cc(-c2[c-]cccc2)ncc1[Si](C)(C)C.[Ir].[c-]1cc(-c2ccccc2)c2c(oc3ccccc32)c1-c1cc(CC2CCCCC2)ccn1. The minimum absolute atomic E-state index is 0. The van der Waals surface area contributed by atoms with E-state index in [1.807, 2.05) is 42.6 Å². The van der Waals surface area contributed by atoms with Crippen LogP contribution in [0.15, 0.2) is 120 Å². The summed E-state index contributed by atoms with van der Waals surface area (Å²) in [5, 5.41) is 3.75. The van der Waals surface area contributed by atoms with E-state index in [2.05, 4.69) is 124 Å². The molecule has 0 atom stereocenters. The first kappa shape index (κ1) is 37.6. The summed E-state index contributed by atoms with van der Waals surface area (Å²) >= 11 is 0. The molecule has 0 unspecified atom stereocenters. The van der Waals surface area contributed by atoms with Crippen LogP contribution in [0.5, 0.6) is 0 Å². The zero-order chi connectivity index (χ0) is 35.4. The molecule has 0 spiro atoms. The fraction of sp³-hybridized carbons (Fsp3) is 0.277. The molecular weight excluding hydrogens is 829 g/mol. The van der Waals surface area contributed by atoms with E-state index in [9.17, 15) is 0 Å². The second kappa shape index (κ2) is 16.7. The Morgan fingerprint density at radius 1 is 0.808 bits per heavy atom. The van der Waals surface area contributed by atoms with Crippen LogP contribution in [0.25, 0.3) is 55.6 Å². The van der Waals surface area contributed by atoms with E-state index in [4.69, 9.17) is 9.40 Å². The fourth-order valence-corrected chi connectivity index (χ4v) is 9.22. The maximum Gasteiger partial charge on any atom is 0.120 e. The Labute approximate surface area is 324 Å². The van der Waals surface area contributed by atoms with Crippen molar-refractivity contribution in [3.8, 4) is 33.6 Å². The predicted octanol–water partition coefficient (Wildman–Crippen LogP) is 12.5. The largest absolute Gasteiger partial charge is 0.501 e. The number of para-hydroxylation sites is 1. The molecule has 1 aliphatic rings. The molecule has 3 heterocycles. The van der Waals surface area contributed by atoms with Crippen LogP contribution in [-0.4, -0.2) is 18.0 Å². The van der Waals surface area contributed by atoms with Crippen molar-refractivity contribution < 1.29 is 24.5 Å². The Hall–Kier alpha value is -4.15. The zero-order valence-corrected chi connectivity index (χ0v) is 34.4. The molecular formula is C47H48IrN2OSi-2. The molecule has 52 heavy (non-hydrogen) atoms. The van der Waals surface area contributed by atoms with Crippen molar-refractivity contribution in [3.63, 3.8) is 0 Å². The number of hydrogen-bond donors (Lipinski definition) is 0. The van der Waals surface area contributed by atoms with Crippen molar-refractivity contribution in [2.24, 2.45) is 5.92 Å². The summed E-state index contributed by atoms with van der Waals surface area (Å²) in [6, 6.07) is 42.4. The van der Waals surface area contributed by atoms with Crippen molar-refractivity contribution in [1.29, 1.82) is 0 Å². The van der Waals surface area contributed by atoms with Gasteiger partial charge in [-0.1, -0.05) is 154 Å². The Morgan fingerprint density at radius 2 is 1.56 bits per heavy atom. The molecule has 3 nitrogen and oxygen atoms in total. The molecule has 1 aliphatic carbocycles. The minimum Gasteiger partial charge on any atom is -0.501 e. The number of rotatable bonds is 7. The van der Waals surface area contributed by atoms with Crippen molar-refractivity contribution in [2.45, 2.75) is 77.9 Å². The maximum atomic E-state index is 6.42. The predicted molar refractivity (Wildman–Crippen MR) is 217 cm³/mol. The number of hydrogen-bond acceptors (Lipinski definition) is 3. The molecule has 0 saturated heterocycles. The van der Waals surface area contributed by atoms with Gasteiger partial charge in [0.1, 0.15) is 5.58 Å². The first-order valence-corrected chi connectivity index (χ1v) is 22.1. The molecule has 3 aromatic heterocycles. The molecule has 0 N–H and O–H groups in total. The molecule has 0 amide bonds. The van der Waals surface area contributed by atoms with Gasteiger partial charge in [0.25, 0.3) is 0 Å². The quantitative estimate of drug-likeness (QED) is 0.118. The number of benzene rings is 4. The van der Waals surface area contributed by atoms with Crippen molar-refractivity contribution >= 4 is 35.2 Å². The Balaban J connectivity index is 0.000000200. The van der Waals surface area contributed by atoms with E-state index >= 15 is 0 Å². The van der Waals surface area contributed by atoms with Crippen LogP contribution >= 0.6 is 0 Å².